The number of fused-ring (bicyclic) bond motifs is 1. The lowest BCUT2D eigenvalue weighted by Crippen LogP contribution is -2.39. The van der Waals surface area contributed by atoms with Crippen LogP contribution in [0.15, 0.2) is 42.5 Å². The Bertz CT molecular complexity index is 687. The first-order valence-corrected chi connectivity index (χ1v) is 6.81. The molecular weight excluding hydrogens is 269 g/mol. The summed E-state index contributed by atoms with van der Waals surface area (Å²) >= 11 is 0. The fraction of sp³-hybridized carbons (Fsp3) is 0.188. The van der Waals surface area contributed by atoms with Crippen LogP contribution in [-0.2, 0) is 13.0 Å². The maximum absolute atomic E-state index is 13.6. The van der Waals surface area contributed by atoms with Crippen LogP contribution in [0, 0.1) is 5.82 Å². The topological polar surface area (TPSA) is 58.4 Å². The molecule has 4 nitrogen and oxygen atoms in total. The Hall–Kier alpha value is -2.56. The molecule has 108 valence electrons. The minimum atomic E-state index is -0.437. The molecule has 3 N–H and O–H groups in total. The molecule has 0 saturated heterocycles. The van der Waals surface area contributed by atoms with E-state index in [2.05, 4.69) is 5.32 Å². The van der Waals surface area contributed by atoms with Gasteiger partial charge in [-0.05, 0) is 41.8 Å². The van der Waals surface area contributed by atoms with Crippen molar-refractivity contribution in [2.45, 2.75) is 13.0 Å². The van der Waals surface area contributed by atoms with Gasteiger partial charge in [0.2, 0.25) is 0 Å². The summed E-state index contributed by atoms with van der Waals surface area (Å²) in [5, 5.41) is 2.61. The molecule has 0 unspecified atom stereocenters. The van der Waals surface area contributed by atoms with Gasteiger partial charge in [-0.25, -0.2) is 9.18 Å². The molecule has 1 aliphatic rings. The quantitative estimate of drug-likeness (QED) is 0.791. The number of anilines is 2. The third-order valence-corrected chi connectivity index (χ3v) is 3.65. The first kappa shape index (κ1) is 13.4. The molecule has 0 atom stereocenters. The molecule has 2 amide bonds. The van der Waals surface area contributed by atoms with E-state index in [0.717, 1.165) is 12.0 Å². The number of nitrogen functional groups attached to an aromatic ring is 1. The Balaban J connectivity index is 1.74. The summed E-state index contributed by atoms with van der Waals surface area (Å²) in [6.45, 7) is 1.10. The van der Waals surface area contributed by atoms with Gasteiger partial charge in [0.15, 0.2) is 0 Å². The molecule has 0 aliphatic carbocycles. The van der Waals surface area contributed by atoms with Crippen LogP contribution in [0.3, 0.4) is 0 Å². The van der Waals surface area contributed by atoms with Crippen molar-refractivity contribution in [1.82, 2.24) is 4.90 Å². The highest BCUT2D eigenvalue weighted by atomic mass is 19.1. The highest BCUT2D eigenvalue weighted by molar-refractivity contribution is 5.89. The summed E-state index contributed by atoms with van der Waals surface area (Å²) in [4.78, 5) is 13.9. The highest BCUT2D eigenvalue weighted by Crippen LogP contribution is 2.22. The summed E-state index contributed by atoms with van der Waals surface area (Å²) in [5.74, 6) is -0.437. The van der Waals surface area contributed by atoms with E-state index >= 15 is 0 Å². The van der Waals surface area contributed by atoms with E-state index < -0.39 is 5.82 Å². The zero-order valence-electron chi connectivity index (χ0n) is 11.5. The average Bonchev–Trinajstić information content (AvgIpc) is 2.48. The number of amides is 2. The van der Waals surface area contributed by atoms with E-state index in [-0.39, 0.29) is 11.7 Å². The second kappa shape index (κ2) is 5.44. The monoisotopic (exact) mass is 285 g/mol. The summed E-state index contributed by atoms with van der Waals surface area (Å²) in [7, 11) is 0. The first-order chi connectivity index (χ1) is 10.1. The van der Waals surface area contributed by atoms with E-state index in [9.17, 15) is 9.18 Å². The van der Waals surface area contributed by atoms with Crippen molar-refractivity contribution in [3.05, 3.63) is 59.4 Å². The number of carbonyl (C=O) groups is 1. The van der Waals surface area contributed by atoms with Crippen LogP contribution in [0.2, 0.25) is 0 Å². The van der Waals surface area contributed by atoms with E-state index in [4.69, 9.17) is 5.73 Å². The minimum absolute atomic E-state index is 0.195. The number of nitrogens with zero attached hydrogens (tertiary/aromatic N) is 1. The van der Waals surface area contributed by atoms with Gasteiger partial charge in [-0.2, -0.15) is 0 Å². The summed E-state index contributed by atoms with van der Waals surface area (Å²) in [6.07, 6.45) is 0.778. The predicted molar refractivity (Wildman–Crippen MR) is 80.4 cm³/mol. The largest absolute Gasteiger partial charge is 0.399 e. The van der Waals surface area contributed by atoms with E-state index in [1.807, 2.05) is 18.2 Å². The number of para-hydroxylation sites is 1. The molecule has 0 fully saturated rings. The van der Waals surface area contributed by atoms with Gasteiger partial charge in [0.1, 0.15) is 5.82 Å². The molecule has 0 radical (unpaired) electrons. The third kappa shape index (κ3) is 2.81. The number of urea groups is 1. The van der Waals surface area contributed by atoms with Crippen LogP contribution in [0.5, 0.6) is 0 Å². The Morgan fingerprint density at radius 2 is 2.00 bits per heavy atom. The molecule has 0 bridgehead atoms. The van der Waals surface area contributed by atoms with Crippen LogP contribution in [0.4, 0.5) is 20.6 Å². The van der Waals surface area contributed by atoms with Crippen molar-refractivity contribution in [1.29, 1.82) is 0 Å². The molecule has 0 saturated carbocycles. The summed E-state index contributed by atoms with van der Waals surface area (Å²) < 4.78 is 13.6. The van der Waals surface area contributed by atoms with Gasteiger partial charge in [0.05, 0.1) is 5.69 Å². The van der Waals surface area contributed by atoms with Crippen molar-refractivity contribution in [3.63, 3.8) is 0 Å². The maximum atomic E-state index is 13.6. The van der Waals surface area contributed by atoms with Gasteiger partial charge in [-0.1, -0.05) is 18.2 Å². The van der Waals surface area contributed by atoms with Crippen molar-refractivity contribution >= 4 is 17.4 Å². The molecule has 1 aliphatic heterocycles. The van der Waals surface area contributed by atoms with Gasteiger partial charge in [0.25, 0.3) is 0 Å². The molecule has 2 aromatic carbocycles. The highest BCUT2D eigenvalue weighted by Gasteiger charge is 2.21. The number of carbonyl (C=O) groups excluding carboxylic acids is 1. The zero-order chi connectivity index (χ0) is 14.8. The van der Waals surface area contributed by atoms with Crippen LogP contribution < -0.4 is 11.1 Å². The van der Waals surface area contributed by atoms with E-state index in [0.29, 0.717) is 18.8 Å². The maximum Gasteiger partial charge on any atom is 0.322 e. The van der Waals surface area contributed by atoms with Gasteiger partial charge < -0.3 is 16.0 Å². The Morgan fingerprint density at radius 3 is 2.81 bits per heavy atom. The molecule has 5 heteroatoms. The summed E-state index contributed by atoms with van der Waals surface area (Å²) in [6, 6.07) is 11.6. The van der Waals surface area contributed by atoms with Crippen molar-refractivity contribution in [3.8, 4) is 0 Å². The van der Waals surface area contributed by atoms with Crippen LogP contribution >= 0.6 is 0 Å². The van der Waals surface area contributed by atoms with Crippen molar-refractivity contribution in [2.24, 2.45) is 0 Å². The standard InChI is InChI=1S/C16H16FN3O/c17-14-3-1-2-4-15(14)19-16(21)20-8-7-11-5-6-13(18)9-12(11)10-20/h1-6,9H,7-8,10,18H2,(H,19,21). The SMILES string of the molecule is Nc1ccc2c(c1)CN(C(=O)Nc1ccccc1F)CC2. The number of nitrogens with two attached hydrogens (primary N) is 1. The Labute approximate surface area is 122 Å². The minimum Gasteiger partial charge on any atom is -0.399 e. The van der Waals surface area contributed by atoms with Crippen molar-refractivity contribution < 1.29 is 9.18 Å². The lowest BCUT2D eigenvalue weighted by Gasteiger charge is -2.29. The van der Waals surface area contributed by atoms with Crippen LogP contribution in [0.1, 0.15) is 11.1 Å². The van der Waals surface area contributed by atoms with E-state index in [1.165, 1.54) is 11.6 Å². The van der Waals surface area contributed by atoms with Gasteiger partial charge in [-0.15, -0.1) is 0 Å². The van der Waals surface area contributed by atoms with Crippen molar-refractivity contribution in [2.75, 3.05) is 17.6 Å². The molecule has 1 heterocycles. The second-order valence-electron chi connectivity index (χ2n) is 5.11. The fourth-order valence-corrected chi connectivity index (χ4v) is 2.51. The number of nitrogens with one attached hydrogen (secondary N) is 1. The summed E-state index contributed by atoms with van der Waals surface area (Å²) in [5.41, 5.74) is 8.91. The molecule has 0 aromatic heterocycles. The second-order valence-corrected chi connectivity index (χ2v) is 5.11. The first-order valence-electron chi connectivity index (χ1n) is 6.81. The number of halogens is 1. The van der Waals surface area contributed by atoms with Gasteiger partial charge >= 0.3 is 6.03 Å². The molecule has 3 rings (SSSR count). The van der Waals surface area contributed by atoms with Crippen LogP contribution in [-0.4, -0.2) is 17.5 Å². The number of hydrogen-bond donors (Lipinski definition) is 2. The number of hydrogen-bond acceptors (Lipinski definition) is 2. The molecule has 21 heavy (non-hydrogen) atoms. The molecular formula is C16H16FN3O. The number of benzene rings is 2. The van der Waals surface area contributed by atoms with Gasteiger partial charge in [0, 0.05) is 18.8 Å². The smallest absolute Gasteiger partial charge is 0.322 e. The third-order valence-electron chi connectivity index (χ3n) is 3.65. The predicted octanol–water partition coefficient (Wildman–Crippen LogP) is 3.00. The zero-order valence-corrected chi connectivity index (χ0v) is 11.5. The lowest BCUT2D eigenvalue weighted by molar-refractivity contribution is 0.206. The molecule has 0 spiro atoms. The Morgan fingerprint density at radius 1 is 1.19 bits per heavy atom. The molecule has 2 aromatic rings. The van der Waals surface area contributed by atoms with Crippen LogP contribution in [0.25, 0.3) is 0 Å². The average molecular weight is 285 g/mol. The lowest BCUT2D eigenvalue weighted by atomic mass is 9.99. The van der Waals surface area contributed by atoms with Gasteiger partial charge in [-0.3, -0.25) is 0 Å². The Kier molecular flexibility index (Phi) is 3.48. The fourth-order valence-electron chi connectivity index (χ4n) is 2.51. The normalized spacial score (nSPS) is 13.7. The van der Waals surface area contributed by atoms with E-state index in [1.54, 1.807) is 23.1 Å². The number of rotatable bonds is 1.